The van der Waals surface area contributed by atoms with Gasteiger partial charge in [-0.15, -0.1) is 0 Å². The number of rotatable bonds is 8. The maximum Gasteiger partial charge on any atom is 0.338 e. The van der Waals surface area contributed by atoms with Crippen LogP contribution in [0.2, 0.25) is 0 Å². The summed E-state index contributed by atoms with van der Waals surface area (Å²) < 4.78 is 22.5. The van der Waals surface area contributed by atoms with Gasteiger partial charge in [0.25, 0.3) is 0 Å². The molecule has 0 N–H and O–H groups in total. The van der Waals surface area contributed by atoms with Crippen LogP contribution in [0, 0.1) is 0 Å². The van der Waals surface area contributed by atoms with Gasteiger partial charge in [-0.2, -0.15) is 0 Å². The highest BCUT2D eigenvalue weighted by atomic mass is 16.7. The second kappa shape index (κ2) is 10.7. The number of fused-ring (bicyclic) bond motifs is 2. The fourth-order valence-electron chi connectivity index (χ4n) is 3.82. The Labute approximate surface area is 210 Å². The third kappa shape index (κ3) is 6.13. The summed E-state index contributed by atoms with van der Waals surface area (Å²) in [6.45, 7) is 9.13. The molecule has 0 radical (unpaired) electrons. The summed E-state index contributed by atoms with van der Waals surface area (Å²) in [4.78, 5) is 24.3. The molecule has 6 heteroatoms. The average Bonchev–Trinajstić information content (AvgIpc) is 2.82. The Kier molecular flexibility index (Phi) is 7.44. The van der Waals surface area contributed by atoms with Gasteiger partial charge in [0.15, 0.2) is 0 Å². The second-order valence-electron chi connectivity index (χ2n) is 9.16. The average molecular weight is 487 g/mol. The maximum absolute atomic E-state index is 12.2. The van der Waals surface area contributed by atoms with Gasteiger partial charge in [-0.3, -0.25) is 0 Å². The minimum atomic E-state index is -0.541. The smallest absolute Gasteiger partial charge is 0.338 e. The topological polar surface area (TPSA) is 71.1 Å². The van der Waals surface area contributed by atoms with E-state index in [0.717, 1.165) is 21.5 Å². The van der Waals surface area contributed by atoms with Crippen LogP contribution < -0.4 is 9.47 Å². The molecular formula is C30H30O6. The van der Waals surface area contributed by atoms with E-state index in [4.69, 9.17) is 18.9 Å². The molecule has 0 spiro atoms. The molecule has 0 aromatic heterocycles. The molecule has 0 unspecified atom stereocenters. The third-order valence-corrected chi connectivity index (χ3v) is 5.38. The molecule has 4 aromatic rings. The van der Waals surface area contributed by atoms with Crippen molar-refractivity contribution in [1.29, 1.82) is 0 Å². The molecule has 0 saturated carbocycles. The highest BCUT2D eigenvalue weighted by Gasteiger charge is 2.13. The quantitative estimate of drug-likeness (QED) is 0.199. The van der Waals surface area contributed by atoms with Crippen molar-refractivity contribution in [2.75, 3.05) is 0 Å². The number of carbonyl (C=O) groups is 2. The molecule has 0 aliphatic carbocycles. The van der Waals surface area contributed by atoms with Gasteiger partial charge in [0, 0.05) is 6.92 Å². The van der Waals surface area contributed by atoms with E-state index in [-0.39, 0.29) is 24.1 Å². The molecule has 0 aliphatic rings. The van der Waals surface area contributed by atoms with Crippen LogP contribution in [0.25, 0.3) is 21.5 Å². The summed E-state index contributed by atoms with van der Waals surface area (Å²) in [6.07, 6.45) is -0.876. The maximum atomic E-state index is 12.2. The Morgan fingerprint density at radius 3 is 1.28 bits per heavy atom. The van der Waals surface area contributed by atoms with Crippen LogP contribution in [0.4, 0.5) is 0 Å². The number of carbonyl (C=O) groups excluding carboxylic acids is 2. The Morgan fingerprint density at radius 2 is 0.889 bits per heavy atom. The summed E-state index contributed by atoms with van der Waals surface area (Å²) in [6, 6.07) is 22.2. The largest absolute Gasteiger partial charge is 0.459 e. The predicted octanol–water partition coefficient (Wildman–Crippen LogP) is 6.93. The molecule has 36 heavy (non-hydrogen) atoms. The van der Waals surface area contributed by atoms with Crippen molar-refractivity contribution in [2.45, 2.75) is 53.1 Å². The summed E-state index contributed by atoms with van der Waals surface area (Å²) >= 11 is 0. The van der Waals surface area contributed by atoms with Crippen molar-refractivity contribution in [1.82, 2.24) is 0 Å². The summed E-state index contributed by atoms with van der Waals surface area (Å²) in [5.74, 6) is 0.635. The van der Waals surface area contributed by atoms with Gasteiger partial charge < -0.3 is 18.9 Å². The van der Waals surface area contributed by atoms with Crippen molar-refractivity contribution in [2.24, 2.45) is 0 Å². The number of esters is 2. The van der Waals surface area contributed by atoms with E-state index in [1.807, 2.05) is 95.3 Å². The summed E-state index contributed by atoms with van der Waals surface area (Å²) in [5.41, 5.74) is 1.03. The first-order valence-electron chi connectivity index (χ1n) is 12.0. The summed E-state index contributed by atoms with van der Waals surface area (Å²) in [7, 11) is 0. The third-order valence-electron chi connectivity index (χ3n) is 5.38. The summed E-state index contributed by atoms with van der Waals surface area (Å²) in [5, 5.41) is 3.72. The Bertz CT molecular complexity index is 1300. The van der Waals surface area contributed by atoms with Crippen molar-refractivity contribution in [3.05, 3.63) is 83.9 Å². The van der Waals surface area contributed by atoms with Crippen LogP contribution in [0.1, 0.15) is 55.3 Å². The monoisotopic (exact) mass is 486 g/mol. The number of ether oxygens (including phenoxy) is 4. The zero-order valence-corrected chi connectivity index (χ0v) is 21.1. The minimum Gasteiger partial charge on any atom is -0.459 e. The second-order valence-corrected chi connectivity index (χ2v) is 9.16. The molecule has 0 saturated heterocycles. The van der Waals surface area contributed by atoms with E-state index in [1.54, 1.807) is 12.1 Å². The lowest BCUT2D eigenvalue weighted by molar-refractivity contribution is 0.0225. The van der Waals surface area contributed by atoms with E-state index in [1.165, 1.54) is 0 Å². The van der Waals surface area contributed by atoms with E-state index in [0.29, 0.717) is 22.6 Å². The van der Waals surface area contributed by atoms with Crippen molar-refractivity contribution >= 4 is 33.5 Å². The molecule has 0 aliphatic heterocycles. The van der Waals surface area contributed by atoms with Gasteiger partial charge in [0.2, 0.25) is 6.29 Å². The molecule has 6 nitrogen and oxygen atoms in total. The van der Waals surface area contributed by atoms with E-state index < -0.39 is 6.29 Å². The van der Waals surface area contributed by atoms with Gasteiger partial charge in [-0.25, -0.2) is 9.59 Å². The molecular weight excluding hydrogens is 456 g/mol. The highest BCUT2D eigenvalue weighted by molar-refractivity contribution is 5.96. The van der Waals surface area contributed by atoms with E-state index >= 15 is 0 Å². The molecule has 0 heterocycles. The number of benzene rings is 4. The standard InChI is InChI=1S/C30H30O6/c1-18(2)33-29(31)25-8-6-23-16-27(12-10-21(23)14-25)35-20(5)36-28-13-11-22-15-26(9-7-24(22)17-28)30(32)34-19(3)4/h6-20H,1-5H3. The lowest BCUT2D eigenvalue weighted by Crippen LogP contribution is -2.19. The van der Waals surface area contributed by atoms with Crippen molar-refractivity contribution in [3.63, 3.8) is 0 Å². The fraction of sp³-hybridized carbons (Fsp3) is 0.267. The van der Waals surface area contributed by atoms with Crippen LogP contribution >= 0.6 is 0 Å². The SMILES string of the molecule is CC(C)OC(=O)c1ccc2cc(OC(C)Oc3ccc4cc(C(=O)OC(C)C)ccc4c3)ccc2c1. The zero-order valence-electron chi connectivity index (χ0n) is 21.1. The predicted molar refractivity (Wildman–Crippen MR) is 140 cm³/mol. The molecule has 0 atom stereocenters. The van der Waals surface area contributed by atoms with Gasteiger partial charge in [-0.05, 0) is 97.8 Å². The first kappa shape index (κ1) is 25.0. The lowest BCUT2D eigenvalue weighted by Gasteiger charge is -2.17. The number of hydrogen-bond acceptors (Lipinski definition) is 6. The Morgan fingerprint density at radius 1 is 0.528 bits per heavy atom. The van der Waals surface area contributed by atoms with Crippen LogP contribution in [-0.4, -0.2) is 30.4 Å². The first-order valence-corrected chi connectivity index (χ1v) is 12.0. The highest BCUT2D eigenvalue weighted by Crippen LogP contribution is 2.26. The Balaban J connectivity index is 1.43. The lowest BCUT2D eigenvalue weighted by atomic mass is 10.1. The number of hydrogen-bond donors (Lipinski definition) is 0. The van der Waals surface area contributed by atoms with E-state index in [2.05, 4.69) is 0 Å². The van der Waals surface area contributed by atoms with E-state index in [9.17, 15) is 9.59 Å². The molecule has 186 valence electrons. The van der Waals surface area contributed by atoms with Gasteiger partial charge >= 0.3 is 11.9 Å². The van der Waals surface area contributed by atoms with Gasteiger partial charge in [0.05, 0.1) is 23.3 Å². The van der Waals surface area contributed by atoms with Gasteiger partial charge in [0.1, 0.15) is 11.5 Å². The molecule has 0 fully saturated rings. The Hall–Kier alpha value is -4.06. The normalized spacial score (nSPS) is 11.3. The van der Waals surface area contributed by atoms with Gasteiger partial charge in [-0.1, -0.05) is 24.3 Å². The molecule has 4 rings (SSSR count). The fourth-order valence-corrected chi connectivity index (χ4v) is 3.82. The molecule has 0 amide bonds. The van der Waals surface area contributed by atoms with Crippen LogP contribution in [0.5, 0.6) is 11.5 Å². The molecule has 4 aromatic carbocycles. The molecule has 0 bridgehead atoms. The zero-order chi connectivity index (χ0) is 25.8. The van der Waals surface area contributed by atoms with Crippen molar-refractivity contribution in [3.8, 4) is 11.5 Å². The van der Waals surface area contributed by atoms with Crippen LogP contribution in [-0.2, 0) is 9.47 Å². The minimum absolute atomic E-state index is 0.168. The van der Waals surface area contributed by atoms with Crippen LogP contribution in [0.3, 0.4) is 0 Å². The van der Waals surface area contributed by atoms with Crippen LogP contribution in [0.15, 0.2) is 72.8 Å². The first-order chi connectivity index (χ1) is 17.2. The van der Waals surface area contributed by atoms with Crippen molar-refractivity contribution < 1.29 is 28.5 Å².